The predicted molar refractivity (Wildman–Crippen MR) is 68.6 cm³/mol. The van der Waals surface area contributed by atoms with Crippen LogP contribution in [0.2, 0.25) is 0 Å². The maximum Gasteiger partial charge on any atom is 0.320 e. The van der Waals surface area contributed by atoms with Crippen molar-refractivity contribution in [1.82, 2.24) is 9.80 Å². The SMILES string of the molecule is C=C(C)CN1CCN(Cc2ccccc2)C1=O. The Bertz CT molecular complexity index is 413. The molecule has 1 aromatic rings. The van der Waals surface area contributed by atoms with Gasteiger partial charge in [-0.15, -0.1) is 0 Å². The molecule has 1 heterocycles. The van der Waals surface area contributed by atoms with E-state index in [0.29, 0.717) is 13.1 Å². The zero-order chi connectivity index (χ0) is 12.3. The molecule has 0 N–H and O–H groups in total. The summed E-state index contributed by atoms with van der Waals surface area (Å²) in [5.74, 6) is 0. The maximum atomic E-state index is 12.1. The minimum atomic E-state index is 0.122. The topological polar surface area (TPSA) is 23.6 Å². The molecule has 2 amide bonds. The van der Waals surface area contributed by atoms with Gasteiger partial charge in [0.2, 0.25) is 0 Å². The zero-order valence-corrected chi connectivity index (χ0v) is 10.2. The van der Waals surface area contributed by atoms with Crippen LogP contribution in [0.3, 0.4) is 0 Å². The standard InChI is InChI=1S/C14H18N2O/c1-12(2)10-15-8-9-16(14(15)17)11-13-6-4-3-5-7-13/h3-7H,1,8-11H2,2H3. The normalized spacial score (nSPS) is 15.5. The summed E-state index contributed by atoms with van der Waals surface area (Å²) < 4.78 is 0. The van der Waals surface area contributed by atoms with E-state index in [9.17, 15) is 4.79 Å². The number of nitrogens with zero attached hydrogens (tertiary/aromatic N) is 2. The Hall–Kier alpha value is -1.77. The van der Waals surface area contributed by atoms with Gasteiger partial charge in [0, 0.05) is 26.2 Å². The Morgan fingerprint density at radius 2 is 1.88 bits per heavy atom. The molecule has 17 heavy (non-hydrogen) atoms. The fraction of sp³-hybridized carbons (Fsp3) is 0.357. The van der Waals surface area contributed by atoms with Crippen molar-refractivity contribution in [3.63, 3.8) is 0 Å². The average molecular weight is 230 g/mol. The molecule has 2 rings (SSSR count). The first-order valence-corrected chi connectivity index (χ1v) is 5.89. The molecule has 1 aliphatic heterocycles. The lowest BCUT2D eigenvalue weighted by Gasteiger charge is -2.18. The van der Waals surface area contributed by atoms with Gasteiger partial charge in [-0.25, -0.2) is 4.79 Å². The molecule has 90 valence electrons. The highest BCUT2D eigenvalue weighted by Crippen LogP contribution is 2.14. The van der Waals surface area contributed by atoms with Crippen LogP contribution < -0.4 is 0 Å². The van der Waals surface area contributed by atoms with Crippen LogP contribution in [0.15, 0.2) is 42.5 Å². The van der Waals surface area contributed by atoms with Gasteiger partial charge >= 0.3 is 6.03 Å². The number of urea groups is 1. The van der Waals surface area contributed by atoms with Crippen LogP contribution in [0, 0.1) is 0 Å². The van der Waals surface area contributed by atoms with Crippen LogP contribution in [0.5, 0.6) is 0 Å². The Balaban J connectivity index is 1.96. The molecule has 1 fully saturated rings. The Kier molecular flexibility index (Phi) is 3.47. The van der Waals surface area contributed by atoms with E-state index in [0.717, 1.165) is 18.7 Å². The molecule has 0 bridgehead atoms. The minimum Gasteiger partial charge on any atom is -0.319 e. The largest absolute Gasteiger partial charge is 0.320 e. The van der Waals surface area contributed by atoms with Crippen LogP contribution in [-0.4, -0.2) is 35.5 Å². The number of hydrogen-bond acceptors (Lipinski definition) is 1. The first kappa shape index (κ1) is 11.7. The third-order valence-corrected chi connectivity index (χ3v) is 2.86. The predicted octanol–water partition coefficient (Wildman–Crippen LogP) is 2.50. The van der Waals surface area contributed by atoms with Crippen LogP contribution in [0.1, 0.15) is 12.5 Å². The molecule has 0 saturated carbocycles. The molecule has 1 aliphatic rings. The number of carbonyl (C=O) groups is 1. The Labute approximate surface area is 102 Å². The van der Waals surface area contributed by atoms with E-state index in [-0.39, 0.29) is 6.03 Å². The fourth-order valence-electron chi connectivity index (χ4n) is 2.06. The van der Waals surface area contributed by atoms with E-state index in [1.54, 1.807) is 0 Å². The summed E-state index contributed by atoms with van der Waals surface area (Å²) in [4.78, 5) is 15.8. The van der Waals surface area contributed by atoms with Gasteiger partial charge in [0.15, 0.2) is 0 Å². The summed E-state index contributed by atoms with van der Waals surface area (Å²) in [5, 5.41) is 0. The van der Waals surface area contributed by atoms with E-state index in [2.05, 4.69) is 18.7 Å². The summed E-state index contributed by atoms with van der Waals surface area (Å²) in [7, 11) is 0. The van der Waals surface area contributed by atoms with Crippen LogP contribution in [0.25, 0.3) is 0 Å². The van der Waals surface area contributed by atoms with Crippen molar-refractivity contribution >= 4 is 6.03 Å². The molecule has 1 saturated heterocycles. The van der Waals surface area contributed by atoms with Gasteiger partial charge in [0.05, 0.1) is 0 Å². The number of hydrogen-bond donors (Lipinski definition) is 0. The second-order valence-electron chi connectivity index (χ2n) is 4.57. The second kappa shape index (κ2) is 5.04. The van der Waals surface area contributed by atoms with E-state index >= 15 is 0 Å². The summed E-state index contributed by atoms with van der Waals surface area (Å²) in [6.45, 7) is 8.78. The number of amides is 2. The van der Waals surface area contributed by atoms with Gasteiger partial charge in [-0.1, -0.05) is 42.5 Å². The van der Waals surface area contributed by atoms with Gasteiger partial charge in [0.1, 0.15) is 0 Å². The van der Waals surface area contributed by atoms with Crippen LogP contribution in [-0.2, 0) is 6.54 Å². The molecule has 3 heteroatoms. The lowest BCUT2D eigenvalue weighted by Crippen LogP contribution is -2.32. The lowest BCUT2D eigenvalue weighted by molar-refractivity contribution is 0.193. The van der Waals surface area contributed by atoms with Crippen molar-refractivity contribution in [2.75, 3.05) is 19.6 Å². The monoisotopic (exact) mass is 230 g/mol. The van der Waals surface area contributed by atoms with Gasteiger partial charge in [-0.2, -0.15) is 0 Å². The van der Waals surface area contributed by atoms with E-state index in [1.165, 1.54) is 5.56 Å². The highest BCUT2D eigenvalue weighted by molar-refractivity contribution is 5.76. The second-order valence-corrected chi connectivity index (χ2v) is 4.57. The first-order valence-electron chi connectivity index (χ1n) is 5.89. The molecule has 1 aromatic carbocycles. The maximum absolute atomic E-state index is 12.1. The lowest BCUT2D eigenvalue weighted by atomic mass is 10.2. The third kappa shape index (κ3) is 2.87. The van der Waals surface area contributed by atoms with Crippen LogP contribution in [0.4, 0.5) is 4.79 Å². The molecular formula is C14H18N2O. The minimum absolute atomic E-state index is 0.122. The van der Waals surface area contributed by atoms with Gasteiger partial charge in [0.25, 0.3) is 0 Å². The quantitative estimate of drug-likeness (QED) is 0.729. The zero-order valence-electron chi connectivity index (χ0n) is 10.2. The fourth-order valence-corrected chi connectivity index (χ4v) is 2.06. The average Bonchev–Trinajstić information content (AvgIpc) is 2.62. The molecule has 0 radical (unpaired) electrons. The molecule has 3 nitrogen and oxygen atoms in total. The summed E-state index contributed by atoms with van der Waals surface area (Å²) in [6, 6.07) is 10.2. The molecule has 0 atom stereocenters. The van der Waals surface area contributed by atoms with Gasteiger partial charge in [-0.05, 0) is 12.5 Å². The highest BCUT2D eigenvalue weighted by atomic mass is 16.2. The Morgan fingerprint density at radius 3 is 2.53 bits per heavy atom. The van der Waals surface area contributed by atoms with Crippen molar-refractivity contribution in [2.45, 2.75) is 13.5 Å². The van der Waals surface area contributed by atoms with Crippen molar-refractivity contribution in [3.8, 4) is 0 Å². The summed E-state index contributed by atoms with van der Waals surface area (Å²) >= 11 is 0. The number of rotatable bonds is 4. The third-order valence-electron chi connectivity index (χ3n) is 2.86. The smallest absolute Gasteiger partial charge is 0.319 e. The summed E-state index contributed by atoms with van der Waals surface area (Å²) in [5.41, 5.74) is 2.21. The number of benzene rings is 1. The molecule has 0 aromatic heterocycles. The van der Waals surface area contributed by atoms with Crippen molar-refractivity contribution < 1.29 is 4.79 Å². The van der Waals surface area contributed by atoms with Crippen LogP contribution >= 0.6 is 0 Å². The molecular weight excluding hydrogens is 212 g/mol. The molecule has 0 unspecified atom stereocenters. The molecule has 0 aliphatic carbocycles. The van der Waals surface area contributed by atoms with E-state index in [1.807, 2.05) is 34.9 Å². The molecule has 0 spiro atoms. The first-order chi connectivity index (χ1) is 8.16. The van der Waals surface area contributed by atoms with Gasteiger partial charge in [-0.3, -0.25) is 0 Å². The summed E-state index contributed by atoms with van der Waals surface area (Å²) in [6.07, 6.45) is 0. The highest BCUT2D eigenvalue weighted by Gasteiger charge is 2.27. The number of carbonyl (C=O) groups excluding carboxylic acids is 1. The van der Waals surface area contributed by atoms with E-state index < -0.39 is 0 Å². The van der Waals surface area contributed by atoms with Gasteiger partial charge < -0.3 is 9.80 Å². The van der Waals surface area contributed by atoms with Crippen molar-refractivity contribution in [3.05, 3.63) is 48.0 Å². The van der Waals surface area contributed by atoms with Crippen molar-refractivity contribution in [1.29, 1.82) is 0 Å². The van der Waals surface area contributed by atoms with Crippen molar-refractivity contribution in [2.24, 2.45) is 0 Å². The van der Waals surface area contributed by atoms with E-state index in [4.69, 9.17) is 0 Å². The Morgan fingerprint density at radius 1 is 1.24 bits per heavy atom.